The minimum Gasteiger partial charge on any atom is -0.457 e. The molecule has 0 aliphatic rings. The Morgan fingerprint density at radius 3 is 2.50 bits per heavy atom. The van der Waals surface area contributed by atoms with Crippen LogP contribution in [0.1, 0.15) is 10.8 Å². The molecule has 0 fully saturated rings. The van der Waals surface area contributed by atoms with Crippen molar-refractivity contribution in [1.82, 2.24) is 10.2 Å². The fourth-order valence-electron chi connectivity index (χ4n) is 2.04. The molecule has 0 radical (unpaired) electrons. The van der Waals surface area contributed by atoms with Crippen LogP contribution in [0.4, 0.5) is 22.7 Å². The highest BCUT2D eigenvalue weighted by Crippen LogP contribution is 2.33. The molecule has 0 spiro atoms. The average Bonchev–Trinajstić information content (AvgIpc) is 3.29. The molecule has 0 saturated carbocycles. The second-order valence-corrected chi connectivity index (χ2v) is 6.22. The molecule has 0 aliphatic heterocycles. The number of amides is 1. The third-order valence-electron chi connectivity index (χ3n) is 3.30. The average molecular weight is 408 g/mol. The number of aromatic nitrogens is 2. The van der Waals surface area contributed by atoms with E-state index in [1.165, 1.54) is 30.3 Å². The zero-order valence-corrected chi connectivity index (χ0v) is 14.4. The molecule has 0 unspecified atom stereocenters. The van der Waals surface area contributed by atoms with Crippen molar-refractivity contribution in [2.45, 2.75) is 6.18 Å². The van der Waals surface area contributed by atoms with Gasteiger partial charge in [-0.15, -0.1) is 10.2 Å². The number of hydrogen-bond donors (Lipinski definition) is 1. The summed E-state index contributed by atoms with van der Waals surface area (Å²) in [6.45, 7) is 0. The van der Waals surface area contributed by atoms with Gasteiger partial charge in [0.25, 0.3) is 5.91 Å². The first kappa shape index (κ1) is 19.2. The van der Waals surface area contributed by atoms with Gasteiger partial charge in [0.1, 0.15) is 29.0 Å². The van der Waals surface area contributed by atoms with Gasteiger partial charge in [0, 0.05) is 11.6 Å². The third-order valence-corrected chi connectivity index (χ3v) is 4.18. The summed E-state index contributed by atoms with van der Waals surface area (Å²) in [5, 5.41) is 15.8. The number of rotatable bonds is 4. The van der Waals surface area contributed by atoms with Gasteiger partial charge in [-0.1, -0.05) is 11.3 Å². The highest BCUT2D eigenvalue weighted by Gasteiger charge is 2.35. The number of hydrogen-bond acceptors (Lipinski definition) is 6. The Labute approximate surface area is 158 Å². The van der Waals surface area contributed by atoms with Crippen LogP contribution in [0.2, 0.25) is 0 Å². The summed E-state index contributed by atoms with van der Waals surface area (Å²) in [4.78, 5) is 12.1. The normalized spacial score (nSPS) is 11.9. The SMILES string of the molecule is N#C/C(=C/c1ccc(-c2ccc(F)cc2)o1)C(=O)Nc1nnc(C(F)(F)F)s1. The molecule has 3 rings (SSSR count). The molecule has 0 atom stereocenters. The number of carbonyl (C=O) groups is 1. The van der Waals surface area contributed by atoms with Gasteiger partial charge in [0.2, 0.25) is 10.1 Å². The lowest BCUT2D eigenvalue weighted by molar-refractivity contribution is -0.138. The van der Waals surface area contributed by atoms with E-state index in [9.17, 15) is 22.4 Å². The maximum Gasteiger partial charge on any atom is 0.445 e. The molecule has 6 nitrogen and oxygen atoms in total. The van der Waals surface area contributed by atoms with E-state index in [0.29, 0.717) is 11.3 Å². The Morgan fingerprint density at radius 2 is 1.89 bits per heavy atom. The summed E-state index contributed by atoms with van der Waals surface area (Å²) in [5.41, 5.74) is 0.168. The van der Waals surface area contributed by atoms with E-state index in [4.69, 9.17) is 9.68 Å². The van der Waals surface area contributed by atoms with Crippen LogP contribution in [0, 0.1) is 17.1 Å². The van der Waals surface area contributed by atoms with E-state index >= 15 is 0 Å². The zero-order valence-electron chi connectivity index (χ0n) is 13.6. The van der Waals surface area contributed by atoms with Crippen molar-refractivity contribution >= 4 is 28.5 Å². The number of nitrogens with one attached hydrogen (secondary N) is 1. The molecule has 1 aromatic carbocycles. The Morgan fingerprint density at radius 1 is 1.18 bits per heavy atom. The maximum absolute atomic E-state index is 13.0. The van der Waals surface area contributed by atoms with Crippen molar-refractivity contribution in [2.24, 2.45) is 0 Å². The Balaban J connectivity index is 1.76. The number of anilines is 1. The minimum absolute atomic E-state index is 0.135. The molecular weight excluding hydrogens is 400 g/mol. The van der Waals surface area contributed by atoms with E-state index in [1.54, 1.807) is 12.1 Å². The third kappa shape index (κ3) is 4.41. The highest BCUT2D eigenvalue weighted by molar-refractivity contribution is 7.15. The fraction of sp³-hybridized carbons (Fsp3) is 0.0588. The lowest BCUT2D eigenvalue weighted by Gasteiger charge is -1.99. The van der Waals surface area contributed by atoms with Gasteiger partial charge in [-0.05, 0) is 36.4 Å². The minimum atomic E-state index is -4.68. The van der Waals surface area contributed by atoms with E-state index in [1.807, 2.05) is 0 Å². The van der Waals surface area contributed by atoms with Crippen LogP contribution >= 0.6 is 11.3 Å². The summed E-state index contributed by atoms with van der Waals surface area (Å²) < 4.78 is 56.0. The molecule has 1 N–H and O–H groups in total. The molecule has 1 amide bonds. The standard InChI is InChI=1S/C17H8F4N4O2S/c18-11-3-1-9(2-4-11)13-6-5-12(27-13)7-10(8-22)14(26)23-16-25-24-15(28-16)17(19,20)21/h1-7H,(H,23,25,26)/b10-7-. The van der Waals surface area contributed by atoms with E-state index in [0.717, 1.165) is 6.08 Å². The number of furan rings is 1. The molecule has 3 aromatic rings. The van der Waals surface area contributed by atoms with Crippen LogP contribution < -0.4 is 5.32 Å². The quantitative estimate of drug-likeness (QED) is 0.390. The predicted octanol–water partition coefficient (Wildman–Crippen LogP) is 4.50. The van der Waals surface area contributed by atoms with Crippen LogP contribution in [0.25, 0.3) is 17.4 Å². The lowest BCUT2D eigenvalue weighted by Crippen LogP contribution is -2.13. The number of alkyl halides is 3. The summed E-state index contributed by atoms with van der Waals surface area (Å²) >= 11 is 0.135. The summed E-state index contributed by atoms with van der Waals surface area (Å²) in [6.07, 6.45) is -3.56. The number of carbonyl (C=O) groups excluding carboxylic acids is 1. The first-order valence-electron chi connectivity index (χ1n) is 7.46. The molecule has 2 aromatic heterocycles. The number of nitrogens with zero attached hydrogens (tertiary/aromatic N) is 3. The smallest absolute Gasteiger partial charge is 0.445 e. The summed E-state index contributed by atoms with van der Waals surface area (Å²) in [7, 11) is 0. The van der Waals surface area contributed by atoms with Crippen molar-refractivity contribution < 1.29 is 26.8 Å². The first-order chi connectivity index (χ1) is 13.3. The van der Waals surface area contributed by atoms with Crippen molar-refractivity contribution in [3.8, 4) is 17.4 Å². The molecule has 0 aliphatic carbocycles. The summed E-state index contributed by atoms with van der Waals surface area (Å²) in [6, 6.07) is 10.2. The highest BCUT2D eigenvalue weighted by atomic mass is 32.1. The van der Waals surface area contributed by atoms with Gasteiger partial charge >= 0.3 is 6.18 Å². The molecule has 142 valence electrons. The number of benzene rings is 1. The summed E-state index contributed by atoms with van der Waals surface area (Å²) in [5.74, 6) is -0.849. The first-order valence-corrected chi connectivity index (χ1v) is 8.27. The second kappa shape index (κ2) is 7.61. The zero-order chi connectivity index (χ0) is 20.3. The molecule has 0 bridgehead atoms. The molecule has 28 heavy (non-hydrogen) atoms. The Hall–Kier alpha value is -3.52. The van der Waals surface area contributed by atoms with E-state index in [2.05, 4.69) is 15.5 Å². The van der Waals surface area contributed by atoms with Crippen molar-refractivity contribution in [1.29, 1.82) is 5.26 Å². The van der Waals surface area contributed by atoms with Gasteiger partial charge in [0.15, 0.2) is 0 Å². The molecule has 11 heteroatoms. The molecular formula is C17H8F4N4O2S. The van der Waals surface area contributed by atoms with Crippen LogP contribution in [0.3, 0.4) is 0 Å². The van der Waals surface area contributed by atoms with Crippen LogP contribution in [-0.2, 0) is 11.0 Å². The Kier molecular flexibility index (Phi) is 5.23. The van der Waals surface area contributed by atoms with Crippen molar-refractivity contribution in [2.75, 3.05) is 5.32 Å². The monoisotopic (exact) mass is 408 g/mol. The largest absolute Gasteiger partial charge is 0.457 e. The van der Waals surface area contributed by atoms with E-state index in [-0.39, 0.29) is 17.1 Å². The number of nitriles is 1. The maximum atomic E-state index is 13.0. The topological polar surface area (TPSA) is 91.8 Å². The van der Waals surface area contributed by atoms with Crippen LogP contribution in [-0.4, -0.2) is 16.1 Å². The van der Waals surface area contributed by atoms with Gasteiger partial charge in [0.05, 0.1) is 0 Å². The van der Waals surface area contributed by atoms with Crippen molar-refractivity contribution in [3.63, 3.8) is 0 Å². The second-order valence-electron chi connectivity index (χ2n) is 5.24. The van der Waals surface area contributed by atoms with Crippen LogP contribution in [0.5, 0.6) is 0 Å². The lowest BCUT2D eigenvalue weighted by atomic mass is 10.2. The predicted molar refractivity (Wildman–Crippen MR) is 91.2 cm³/mol. The van der Waals surface area contributed by atoms with Gasteiger partial charge in [-0.3, -0.25) is 10.1 Å². The molecule has 2 heterocycles. The molecule has 0 saturated heterocycles. The van der Waals surface area contributed by atoms with Gasteiger partial charge < -0.3 is 4.42 Å². The van der Waals surface area contributed by atoms with Crippen LogP contribution in [0.15, 0.2) is 46.4 Å². The Bertz CT molecular complexity index is 1080. The number of halogens is 4. The fourth-order valence-corrected chi connectivity index (χ4v) is 2.65. The van der Waals surface area contributed by atoms with E-state index < -0.39 is 33.6 Å². The van der Waals surface area contributed by atoms with Crippen molar-refractivity contribution in [3.05, 3.63) is 58.6 Å². The van der Waals surface area contributed by atoms with Gasteiger partial charge in [-0.2, -0.15) is 18.4 Å². The van der Waals surface area contributed by atoms with Gasteiger partial charge in [-0.25, -0.2) is 4.39 Å².